The molecule has 3 aromatic rings. The van der Waals surface area contributed by atoms with Crippen molar-refractivity contribution in [1.82, 2.24) is 24.9 Å². The molecule has 2 saturated carbocycles. The van der Waals surface area contributed by atoms with Crippen molar-refractivity contribution in [3.8, 4) is 0 Å². The van der Waals surface area contributed by atoms with Crippen LogP contribution in [0.4, 0.5) is 30.7 Å². The second-order valence-corrected chi connectivity index (χ2v) is 12.0. The highest BCUT2D eigenvalue weighted by molar-refractivity contribution is 5.94. The fraction of sp³-hybridized carbons (Fsp3) is 0.567. The topological polar surface area (TPSA) is 115 Å². The van der Waals surface area contributed by atoms with Gasteiger partial charge in [-0.15, -0.1) is 0 Å². The molecule has 15 heteroatoms. The number of hydrogen-bond acceptors (Lipinski definition) is 5. The van der Waals surface area contributed by atoms with Gasteiger partial charge in [-0.05, 0) is 67.2 Å². The number of nitrogens with zero attached hydrogens (tertiary/aromatic N) is 4. The van der Waals surface area contributed by atoms with Gasteiger partial charge in [0.1, 0.15) is 0 Å². The van der Waals surface area contributed by atoms with Crippen LogP contribution in [-0.2, 0) is 11.2 Å². The van der Waals surface area contributed by atoms with Crippen molar-refractivity contribution in [3.05, 3.63) is 58.8 Å². The average Bonchev–Trinajstić information content (AvgIpc) is 3.72. The smallest absolute Gasteiger partial charge is 0.366 e. The maximum absolute atomic E-state index is 14.1. The molecule has 2 atom stereocenters. The molecule has 244 valence electrons. The predicted octanol–water partition coefficient (Wildman–Crippen LogP) is 6.29. The van der Waals surface area contributed by atoms with Gasteiger partial charge in [0.25, 0.3) is 5.91 Å². The maximum atomic E-state index is 14.1. The van der Waals surface area contributed by atoms with Crippen LogP contribution >= 0.6 is 0 Å². The van der Waals surface area contributed by atoms with E-state index in [0.717, 1.165) is 12.8 Å². The van der Waals surface area contributed by atoms with Gasteiger partial charge in [-0.1, -0.05) is 0 Å². The fourth-order valence-corrected chi connectivity index (χ4v) is 6.01. The van der Waals surface area contributed by atoms with E-state index >= 15 is 0 Å². The number of nitrogens with two attached hydrogens (primary N) is 1. The van der Waals surface area contributed by atoms with Gasteiger partial charge in [-0.3, -0.25) is 14.6 Å². The Morgan fingerprint density at radius 1 is 1.07 bits per heavy atom. The minimum Gasteiger partial charge on any atom is -0.366 e. The number of fused-ring (bicyclic) bond motifs is 1. The first-order valence-electron chi connectivity index (χ1n) is 14.8. The fourth-order valence-electron chi connectivity index (χ4n) is 6.01. The van der Waals surface area contributed by atoms with Gasteiger partial charge < -0.3 is 11.1 Å². The molecule has 3 heterocycles. The summed E-state index contributed by atoms with van der Waals surface area (Å²) >= 11 is 0. The third kappa shape index (κ3) is 8.28. The Labute approximate surface area is 254 Å². The van der Waals surface area contributed by atoms with E-state index < -0.39 is 67.5 Å². The maximum Gasteiger partial charge on any atom is 0.389 e. The minimum absolute atomic E-state index is 0.00910. The highest BCUT2D eigenvalue weighted by Gasteiger charge is 2.41. The Bertz CT molecular complexity index is 1530. The van der Waals surface area contributed by atoms with Crippen LogP contribution in [-0.4, -0.2) is 49.9 Å². The molecular formula is C30H33F7N6O2. The van der Waals surface area contributed by atoms with Gasteiger partial charge in [-0.25, -0.2) is 27.1 Å². The van der Waals surface area contributed by atoms with Crippen LogP contribution in [0.5, 0.6) is 0 Å². The first-order chi connectivity index (χ1) is 21.2. The van der Waals surface area contributed by atoms with Crippen molar-refractivity contribution in [3.63, 3.8) is 0 Å². The zero-order chi connectivity index (χ0) is 32.5. The Morgan fingerprint density at radius 2 is 1.78 bits per heavy atom. The molecule has 0 saturated heterocycles. The summed E-state index contributed by atoms with van der Waals surface area (Å²) in [5.74, 6) is -5.54. The second-order valence-electron chi connectivity index (χ2n) is 12.0. The minimum atomic E-state index is -4.46. The van der Waals surface area contributed by atoms with E-state index in [0.29, 0.717) is 22.5 Å². The van der Waals surface area contributed by atoms with Gasteiger partial charge >= 0.3 is 6.18 Å². The number of hydrogen-bond donors (Lipinski definition) is 2. The van der Waals surface area contributed by atoms with Crippen LogP contribution in [0.2, 0.25) is 0 Å². The quantitative estimate of drug-likeness (QED) is 0.226. The van der Waals surface area contributed by atoms with Crippen LogP contribution in [0, 0.1) is 11.8 Å². The number of carbonyl (C=O) groups is 2. The molecule has 3 aromatic heterocycles. The molecule has 0 unspecified atom stereocenters. The largest absolute Gasteiger partial charge is 0.389 e. The lowest BCUT2D eigenvalue weighted by Crippen LogP contribution is -2.30. The zero-order valence-electron chi connectivity index (χ0n) is 24.2. The van der Waals surface area contributed by atoms with E-state index in [2.05, 4.69) is 15.4 Å². The molecule has 0 bridgehead atoms. The van der Waals surface area contributed by atoms with Gasteiger partial charge in [0.15, 0.2) is 5.65 Å². The van der Waals surface area contributed by atoms with E-state index in [-0.39, 0.29) is 49.3 Å². The van der Waals surface area contributed by atoms with Gasteiger partial charge in [0.05, 0.1) is 41.8 Å². The third-order valence-electron chi connectivity index (χ3n) is 8.50. The van der Waals surface area contributed by atoms with Crippen molar-refractivity contribution < 1.29 is 40.3 Å². The zero-order valence-corrected chi connectivity index (χ0v) is 24.2. The molecule has 2 aliphatic carbocycles. The summed E-state index contributed by atoms with van der Waals surface area (Å²) in [4.78, 5) is 34.1. The van der Waals surface area contributed by atoms with Crippen molar-refractivity contribution >= 4 is 17.5 Å². The van der Waals surface area contributed by atoms with Crippen molar-refractivity contribution in [1.29, 1.82) is 0 Å². The Kier molecular flexibility index (Phi) is 9.36. The Morgan fingerprint density at radius 3 is 2.40 bits per heavy atom. The summed E-state index contributed by atoms with van der Waals surface area (Å²) in [5.41, 5.74) is 7.53. The summed E-state index contributed by atoms with van der Waals surface area (Å²) in [6, 6.07) is 2.50. The van der Waals surface area contributed by atoms with Crippen LogP contribution < -0.4 is 11.1 Å². The lowest BCUT2D eigenvalue weighted by atomic mass is 9.75. The van der Waals surface area contributed by atoms with E-state index in [9.17, 15) is 40.3 Å². The van der Waals surface area contributed by atoms with E-state index in [1.807, 2.05) is 0 Å². The molecule has 2 fully saturated rings. The number of alkyl halides is 7. The molecule has 0 radical (unpaired) electrons. The molecule has 45 heavy (non-hydrogen) atoms. The molecule has 5 rings (SSSR count). The SMILES string of the molecule is NC(=O)c1cc(CCC(F)F)cnc1[C@@H](c1cn2ncc([C@H](NC(=O)CCC(F)(F)F)C3CC3)cc2n1)C1CCC(F)(F)CC1. The Hall–Kier alpha value is -3.78. The number of amides is 2. The summed E-state index contributed by atoms with van der Waals surface area (Å²) in [6.45, 7) is 0. The lowest BCUT2D eigenvalue weighted by molar-refractivity contribution is -0.144. The number of nitrogens with one attached hydrogen (secondary N) is 1. The summed E-state index contributed by atoms with van der Waals surface area (Å²) in [5, 5.41) is 7.10. The van der Waals surface area contributed by atoms with E-state index in [1.54, 1.807) is 12.3 Å². The highest BCUT2D eigenvalue weighted by atomic mass is 19.4. The van der Waals surface area contributed by atoms with Crippen molar-refractivity contribution in [2.45, 2.75) is 94.7 Å². The van der Waals surface area contributed by atoms with Crippen molar-refractivity contribution in [2.24, 2.45) is 17.6 Å². The van der Waals surface area contributed by atoms with Crippen LogP contribution in [0.25, 0.3) is 5.65 Å². The third-order valence-corrected chi connectivity index (χ3v) is 8.50. The first kappa shape index (κ1) is 32.6. The highest BCUT2D eigenvalue weighted by Crippen LogP contribution is 2.45. The number of primary amides is 1. The van der Waals surface area contributed by atoms with E-state index in [1.165, 1.54) is 23.0 Å². The van der Waals surface area contributed by atoms with Crippen LogP contribution in [0.15, 0.2) is 30.7 Å². The molecule has 0 spiro atoms. The van der Waals surface area contributed by atoms with Gasteiger partial charge in [0, 0.05) is 37.8 Å². The average molecular weight is 643 g/mol. The van der Waals surface area contributed by atoms with Crippen molar-refractivity contribution in [2.75, 3.05) is 0 Å². The van der Waals surface area contributed by atoms with Gasteiger partial charge in [-0.2, -0.15) is 18.3 Å². The normalized spacial score (nSPS) is 18.7. The number of pyridine rings is 1. The molecule has 2 aliphatic rings. The monoisotopic (exact) mass is 642 g/mol. The number of rotatable bonds is 12. The Balaban J connectivity index is 1.49. The standard InChI is InChI=1S/C30H33F7N6O2/c31-22(32)4-1-16-11-20(28(38)45)27(39-13-16)25(17-5-8-29(33,34)9-6-17)21-15-43-23(41-21)12-19(14-40-43)26(18-2-3-18)42-24(44)7-10-30(35,36)37/h11-15,17-18,22,25-26H,1-10H2,(H2,38,45)(H,42,44)/t25-,26-/m1/s1. The molecule has 0 aliphatic heterocycles. The molecule has 3 N–H and O–H groups in total. The summed E-state index contributed by atoms with van der Waals surface area (Å²) < 4.78 is 93.3. The molecule has 0 aromatic carbocycles. The lowest BCUT2D eigenvalue weighted by Gasteiger charge is -2.33. The predicted molar refractivity (Wildman–Crippen MR) is 148 cm³/mol. The number of aryl methyl sites for hydroxylation is 1. The van der Waals surface area contributed by atoms with Gasteiger partial charge in [0.2, 0.25) is 18.3 Å². The molecular weight excluding hydrogens is 609 g/mol. The number of aromatic nitrogens is 4. The van der Waals surface area contributed by atoms with E-state index in [4.69, 9.17) is 10.7 Å². The van der Waals surface area contributed by atoms with Crippen LogP contribution in [0.1, 0.15) is 103 Å². The number of halogens is 7. The number of imidazole rings is 1. The van der Waals surface area contributed by atoms with Crippen LogP contribution in [0.3, 0.4) is 0 Å². The number of carbonyl (C=O) groups excluding carboxylic acids is 2. The summed E-state index contributed by atoms with van der Waals surface area (Å²) in [6.07, 6.45) is -3.97. The molecule has 2 amide bonds. The molecule has 8 nitrogen and oxygen atoms in total. The first-order valence-corrected chi connectivity index (χ1v) is 14.8. The summed E-state index contributed by atoms with van der Waals surface area (Å²) in [7, 11) is 0. The second kappa shape index (κ2) is 12.9.